The molecule has 7 nitrogen and oxygen atoms in total. The van der Waals surface area contributed by atoms with Crippen molar-refractivity contribution in [1.82, 2.24) is 19.4 Å². The van der Waals surface area contributed by atoms with Crippen molar-refractivity contribution < 1.29 is 4.79 Å². The Kier molecular flexibility index (Phi) is 3.71. The first-order valence-electron chi connectivity index (χ1n) is 9.47. The third-order valence-electron chi connectivity index (χ3n) is 5.77. The molecule has 27 heavy (non-hydrogen) atoms. The van der Waals surface area contributed by atoms with Crippen LogP contribution in [0.4, 0.5) is 5.69 Å². The van der Waals surface area contributed by atoms with Gasteiger partial charge in [-0.2, -0.15) is 15.5 Å². The highest BCUT2D eigenvalue weighted by atomic mass is 16.2. The molecule has 0 N–H and O–H groups in total. The number of nitriles is 1. The van der Waals surface area contributed by atoms with Gasteiger partial charge in [-0.3, -0.25) is 9.48 Å². The molecule has 0 aromatic carbocycles. The van der Waals surface area contributed by atoms with E-state index in [9.17, 15) is 4.79 Å². The van der Waals surface area contributed by atoms with Crippen LogP contribution in [0.2, 0.25) is 0 Å². The van der Waals surface area contributed by atoms with Gasteiger partial charge in [-0.25, -0.2) is 4.52 Å². The first kappa shape index (κ1) is 16.1. The number of aromatic nitrogens is 4. The van der Waals surface area contributed by atoms with Gasteiger partial charge in [-0.15, -0.1) is 0 Å². The molecule has 1 aliphatic carbocycles. The maximum Gasteiger partial charge on any atom is 0.244 e. The highest BCUT2D eigenvalue weighted by Gasteiger charge is 2.33. The molecule has 7 heteroatoms. The molecule has 136 valence electrons. The molecular formula is C20H20N6O. The lowest BCUT2D eigenvalue weighted by Crippen LogP contribution is -2.27. The fourth-order valence-corrected chi connectivity index (χ4v) is 4.28. The van der Waals surface area contributed by atoms with Crippen molar-refractivity contribution in [2.45, 2.75) is 38.1 Å². The second-order valence-corrected chi connectivity index (χ2v) is 7.38. The minimum Gasteiger partial charge on any atom is -0.309 e. The van der Waals surface area contributed by atoms with Crippen LogP contribution in [0.5, 0.6) is 0 Å². The summed E-state index contributed by atoms with van der Waals surface area (Å²) >= 11 is 0. The molecule has 1 saturated carbocycles. The molecule has 3 aromatic heterocycles. The lowest BCUT2D eigenvalue weighted by Gasteiger charge is -2.16. The second kappa shape index (κ2) is 6.23. The molecule has 2 aliphatic rings. The van der Waals surface area contributed by atoms with Crippen LogP contribution in [-0.4, -0.2) is 31.8 Å². The summed E-state index contributed by atoms with van der Waals surface area (Å²) in [5.41, 5.74) is 3.76. The van der Waals surface area contributed by atoms with Crippen LogP contribution >= 0.6 is 0 Å². The Labute approximate surface area is 156 Å². The number of fused-ring (bicyclic) bond motifs is 1. The van der Waals surface area contributed by atoms with Crippen molar-refractivity contribution in [3.63, 3.8) is 0 Å². The zero-order valence-electron chi connectivity index (χ0n) is 15.0. The molecule has 1 amide bonds. The maximum atomic E-state index is 12.5. The zero-order chi connectivity index (χ0) is 18.4. The summed E-state index contributed by atoms with van der Waals surface area (Å²) in [5, 5.41) is 18.1. The third kappa shape index (κ3) is 2.60. The molecule has 2 fully saturated rings. The molecule has 1 atom stereocenters. The summed E-state index contributed by atoms with van der Waals surface area (Å²) in [6.07, 6.45) is 13.2. The van der Waals surface area contributed by atoms with Gasteiger partial charge in [0.1, 0.15) is 5.92 Å². The monoisotopic (exact) mass is 360 g/mol. The minimum absolute atomic E-state index is 0.123. The smallest absolute Gasteiger partial charge is 0.244 e. The van der Waals surface area contributed by atoms with Gasteiger partial charge in [0.2, 0.25) is 5.91 Å². The summed E-state index contributed by atoms with van der Waals surface area (Å²) in [4.78, 5) is 14.2. The topological polar surface area (TPSA) is 79.2 Å². The fraction of sp³-hybridized carbons (Fsp3) is 0.400. The molecule has 3 aromatic rings. The molecule has 1 saturated heterocycles. The molecule has 0 spiro atoms. The second-order valence-electron chi connectivity index (χ2n) is 7.38. The number of carbonyl (C=O) groups excluding carboxylic acids is 1. The molecular weight excluding hydrogens is 340 g/mol. The van der Waals surface area contributed by atoms with Gasteiger partial charge in [0.05, 0.1) is 29.5 Å². The number of hydrogen-bond donors (Lipinski definition) is 0. The van der Waals surface area contributed by atoms with E-state index in [0.29, 0.717) is 19.0 Å². The van der Waals surface area contributed by atoms with Crippen LogP contribution in [0, 0.1) is 17.2 Å². The predicted octanol–water partition coefficient (Wildman–Crippen LogP) is 3.19. The summed E-state index contributed by atoms with van der Waals surface area (Å²) < 4.78 is 3.88. The van der Waals surface area contributed by atoms with Gasteiger partial charge in [0.15, 0.2) is 0 Å². The van der Waals surface area contributed by atoms with Crippen molar-refractivity contribution in [1.29, 1.82) is 5.26 Å². The van der Waals surface area contributed by atoms with Gasteiger partial charge in [0.25, 0.3) is 0 Å². The Hall–Kier alpha value is -3.14. The van der Waals surface area contributed by atoms with E-state index in [0.717, 1.165) is 22.3 Å². The van der Waals surface area contributed by atoms with Gasteiger partial charge in [0, 0.05) is 36.3 Å². The molecule has 4 heterocycles. The largest absolute Gasteiger partial charge is 0.309 e. The van der Waals surface area contributed by atoms with Crippen molar-refractivity contribution in [2.75, 3.05) is 11.4 Å². The average molecular weight is 360 g/mol. The van der Waals surface area contributed by atoms with Gasteiger partial charge in [-0.05, 0) is 31.4 Å². The van der Waals surface area contributed by atoms with E-state index in [1.165, 1.54) is 25.7 Å². The van der Waals surface area contributed by atoms with Gasteiger partial charge < -0.3 is 4.90 Å². The molecule has 5 rings (SSSR count). The zero-order valence-corrected chi connectivity index (χ0v) is 15.0. The van der Waals surface area contributed by atoms with Crippen LogP contribution in [-0.2, 0) is 4.79 Å². The van der Waals surface area contributed by atoms with Crippen LogP contribution in [0.15, 0.2) is 36.9 Å². The van der Waals surface area contributed by atoms with E-state index in [1.54, 1.807) is 15.6 Å². The first-order valence-corrected chi connectivity index (χ1v) is 9.47. The summed E-state index contributed by atoms with van der Waals surface area (Å²) in [6.45, 7) is 0.566. The van der Waals surface area contributed by atoms with Crippen molar-refractivity contribution in [2.24, 2.45) is 5.92 Å². The quantitative estimate of drug-likeness (QED) is 0.718. The Morgan fingerprint density at radius 3 is 2.74 bits per heavy atom. The normalized spacial score (nSPS) is 20.6. The van der Waals surface area contributed by atoms with Crippen LogP contribution in [0.1, 0.15) is 38.1 Å². The molecule has 1 unspecified atom stereocenters. The van der Waals surface area contributed by atoms with Crippen molar-refractivity contribution in [3.05, 3.63) is 36.9 Å². The lowest BCUT2D eigenvalue weighted by molar-refractivity contribution is -0.118. The molecule has 0 bridgehead atoms. The number of anilines is 1. The van der Waals surface area contributed by atoms with Gasteiger partial charge >= 0.3 is 0 Å². The fourth-order valence-electron chi connectivity index (χ4n) is 4.28. The van der Waals surface area contributed by atoms with E-state index in [1.807, 2.05) is 24.5 Å². The number of amides is 1. The Bertz CT molecular complexity index is 1050. The standard InChI is InChI=1S/C20H20N6O/c21-10-14-6-8-24(20(14)27)18-5-7-22-26-12-15(9-19(18)26)16-11-23-25(13-16)17-3-1-2-4-17/h5,7,9,11-14,17H,1-4,6,8H2. The lowest BCUT2D eigenvalue weighted by atomic mass is 10.1. The highest BCUT2D eigenvalue weighted by molar-refractivity contribution is 6.02. The Morgan fingerprint density at radius 2 is 1.96 bits per heavy atom. The van der Waals surface area contributed by atoms with Gasteiger partial charge in [-0.1, -0.05) is 12.8 Å². The minimum atomic E-state index is -0.544. The van der Waals surface area contributed by atoms with E-state index >= 15 is 0 Å². The number of nitrogens with zero attached hydrogens (tertiary/aromatic N) is 6. The number of rotatable bonds is 3. The van der Waals surface area contributed by atoms with E-state index in [-0.39, 0.29) is 5.91 Å². The highest BCUT2D eigenvalue weighted by Crippen LogP contribution is 2.33. The Balaban J connectivity index is 1.51. The van der Waals surface area contributed by atoms with E-state index < -0.39 is 5.92 Å². The van der Waals surface area contributed by atoms with Crippen molar-refractivity contribution >= 4 is 17.1 Å². The molecule has 0 radical (unpaired) electrons. The Morgan fingerprint density at radius 1 is 1.11 bits per heavy atom. The number of carbonyl (C=O) groups is 1. The summed E-state index contributed by atoms with van der Waals surface area (Å²) in [5.74, 6) is -0.667. The van der Waals surface area contributed by atoms with E-state index in [2.05, 4.69) is 27.1 Å². The summed E-state index contributed by atoms with van der Waals surface area (Å²) in [7, 11) is 0. The first-order chi connectivity index (χ1) is 13.2. The van der Waals surface area contributed by atoms with Crippen LogP contribution < -0.4 is 4.90 Å². The third-order valence-corrected chi connectivity index (χ3v) is 5.77. The van der Waals surface area contributed by atoms with Crippen LogP contribution in [0.25, 0.3) is 16.6 Å². The van der Waals surface area contributed by atoms with E-state index in [4.69, 9.17) is 5.26 Å². The van der Waals surface area contributed by atoms with Crippen LogP contribution in [0.3, 0.4) is 0 Å². The van der Waals surface area contributed by atoms with Crippen molar-refractivity contribution in [3.8, 4) is 17.2 Å². The summed E-state index contributed by atoms with van der Waals surface area (Å²) in [6, 6.07) is 6.50. The number of hydrogen-bond acceptors (Lipinski definition) is 4. The maximum absolute atomic E-state index is 12.5. The molecule has 1 aliphatic heterocycles. The predicted molar refractivity (Wildman–Crippen MR) is 100.0 cm³/mol. The SMILES string of the molecule is N#CC1CCN(c2ccnn3cc(-c4cnn(C5CCCC5)c4)cc23)C1=O. The average Bonchev–Trinajstić information content (AvgIpc) is 3.44.